The number of hydrogen-bond acceptors (Lipinski definition) is 4. The van der Waals surface area contributed by atoms with E-state index in [1.165, 1.54) is 37.4 Å². The number of hydrogen-bond donors (Lipinski definition) is 1. The molecule has 0 atom stereocenters. The first-order chi connectivity index (χ1) is 10.0. The number of carbonyl (C=O) groups is 1. The molecule has 0 spiro atoms. The molecule has 2 aromatic carbocycles. The molecular weight excluding hydrogens is 277 g/mol. The van der Waals surface area contributed by atoms with Crippen molar-refractivity contribution < 1.29 is 23.8 Å². The van der Waals surface area contributed by atoms with Crippen LogP contribution in [0.5, 0.6) is 17.2 Å². The molecule has 0 heterocycles. The average Bonchev–Trinajstić information content (AvgIpc) is 2.49. The van der Waals surface area contributed by atoms with Gasteiger partial charge in [0.1, 0.15) is 0 Å². The molecule has 0 aliphatic heterocycles. The molecule has 0 aliphatic carbocycles. The molecule has 6 heteroatoms. The predicted octanol–water partition coefficient (Wildman–Crippen LogP) is 3.20. The van der Waals surface area contributed by atoms with Crippen molar-refractivity contribution in [2.24, 2.45) is 0 Å². The summed E-state index contributed by atoms with van der Waals surface area (Å²) < 4.78 is 24.2. The van der Waals surface area contributed by atoms with E-state index in [9.17, 15) is 9.18 Å². The van der Waals surface area contributed by atoms with Gasteiger partial charge in [-0.2, -0.15) is 5.26 Å². The van der Waals surface area contributed by atoms with E-state index < -0.39 is 11.8 Å². The van der Waals surface area contributed by atoms with Crippen molar-refractivity contribution in [1.82, 2.24) is 0 Å². The average molecular weight is 287 g/mol. The summed E-state index contributed by atoms with van der Waals surface area (Å²) in [5.41, 5.74) is 0.201. The van der Waals surface area contributed by atoms with E-state index >= 15 is 0 Å². The smallest absolute Gasteiger partial charge is 0.335 e. The van der Waals surface area contributed by atoms with E-state index in [2.05, 4.69) is 0 Å². The Morgan fingerprint density at radius 3 is 2.48 bits per heavy atom. The maximum Gasteiger partial charge on any atom is 0.335 e. The monoisotopic (exact) mass is 287 g/mol. The van der Waals surface area contributed by atoms with E-state index in [4.69, 9.17) is 19.8 Å². The van der Waals surface area contributed by atoms with Gasteiger partial charge in [-0.15, -0.1) is 0 Å². The van der Waals surface area contributed by atoms with Gasteiger partial charge < -0.3 is 14.6 Å². The van der Waals surface area contributed by atoms with Crippen LogP contribution in [0.1, 0.15) is 15.9 Å². The van der Waals surface area contributed by atoms with Gasteiger partial charge in [0.2, 0.25) is 0 Å². The molecule has 21 heavy (non-hydrogen) atoms. The van der Waals surface area contributed by atoms with Gasteiger partial charge in [-0.25, -0.2) is 9.18 Å². The zero-order valence-corrected chi connectivity index (χ0v) is 11.0. The minimum absolute atomic E-state index is 0.136. The van der Waals surface area contributed by atoms with Crippen molar-refractivity contribution in [3.8, 4) is 23.3 Å². The van der Waals surface area contributed by atoms with Gasteiger partial charge in [0, 0.05) is 6.07 Å². The molecule has 0 fully saturated rings. The lowest BCUT2D eigenvalue weighted by Gasteiger charge is -2.11. The SMILES string of the molecule is COc1cc(C#N)ccc1Oc1ccc(C(=O)O)cc1F. The molecule has 0 saturated carbocycles. The number of nitrogens with zero attached hydrogens (tertiary/aromatic N) is 1. The van der Waals surface area contributed by atoms with Gasteiger partial charge in [-0.1, -0.05) is 0 Å². The Hall–Kier alpha value is -3.07. The maximum atomic E-state index is 13.8. The first-order valence-corrected chi connectivity index (χ1v) is 5.84. The third kappa shape index (κ3) is 3.09. The first-order valence-electron chi connectivity index (χ1n) is 5.84. The van der Waals surface area contributed by atoms with Gasteiger partial charge in [0.25, 0.3) is 0 Å². The summed E-state index contributed by atoms with van der Waals surface area (Å²) in [6.45, 7) is 0. The summed E-state index contributed by atoms with van der Waals surface area (Å²) in [5, 5.41) is 17.6. The highest BCUT2D eigenvalue weighted by molar-refractivity contribution is 5.87. The molecule has 0 unspecified atom stereocenters. The van der Waals surface area contributed by atoms with Gasteiger partial charge in [0.05, 0.1) is 24.3 Å². The van der Waals surface area contributed by atoms with Crippen LogP contribution in [0.4, 0.5) is 4.39 Å². The zero-order chi connectivity index (χ0) is 15.4. The Bertz CT molecular complexity index is 737. The number of ether oxygens (including phenoxy) is 2. The van der Waals surface area contributed by atoms with Crippen LogP contribution in [0, 0.1) is 17.1 Å². The maximum absolute atomic E-state index is 13.8. The standard InChI is InChI=1S/C15H10FNO4/c1-20-14-6-9(8-17)2-4-13(14)21-12-5-3-10(15(18)19)7-11(12)16/h2-7H,1H3,(H,18,19). The summed E-state index contributed by atoms with van der Waals surface area (Å²) in [4.78, 5) is 10.7. The molecule has 0 amide bonds. The number of benzene rings is 2. The number of aromatic carboxylic acids is 1. The fraction of sp³-hybridized carbons (Fsp3) is 0.0667. The molecule has 0 saturated heterocycles. The minimum atomic E-state index is -1.23. The highest BCUT2D eigenvalue weighted by Crippen LogP contribution is 2.33. The van der Waals surface area contributed by atoms with Crippen molar-refractivity contribution in [2.75, 3.05) is 7.11 Å². The summed E-state index contributed by atoms with van der Waals surface area (Å²) in [6.07, 6.45) is 0. The van der Waals surface area contributed by atoms with Crippen LogP contribution < -0.4 is 9.47 Å². The highest BCUT2D eigenvalue weighted by Gasteiger charge is 2.12. The molecule has 2 rings (SSSR count). The number of carboxylic acids is 1. The van der Waals surface area contributed by atoms with Gasteiger partial charge in [0.15, 0.2) is 23.1 Å². The van der Waals surface area contributed by atoms with Gasteiger partial charge in [-0.05, 0) is 30.3 Å². The molecule has 106 valence electrons. The summed E-state index contributed by atoms with van der Waals surface area (Å²) >= 11 is 0. The van der Waals surface area contributed by atoms with Crippen molar-refractivity contribution in [2.45, 2.75) is 0 Å². The Labute approximate surface area is 119 Å². The van der Waals surface area contributed by atoms with E-state index in [1.807, 2.05) is 6.07 Å². The fourth-order valence-corrected chi connectivity index (χ4v) is 1.66. The quantitative estimate of drug-likeness (QED) is 0.934. The highest BCUT2D eigenvalue weighted by atomic mass is 19.1. The van der Waals surface area contributed by atoms with Crippen molar-refractivity contribution >= 4 is 5.97 Å². The number of nitriles is 1. The Kier molecular flexibility index (Phi) is 4.05. The summed E-state index contributed by atoms with van der Waals surface area (Å²) in [5.74, 6) is -1.67. The van der Waals surface area contributed by atoms with E-state index in [-0.39, 0.29) is 22.8 Å². The van der Waals surface area contributed by atoms with Crippen molar-refractivity contribution in [3.63, 3.8) is 0 Å². The van der Waals surface area contributed by atoms with Crippen LogP contribution in [0.2, 0.25) is 0 Å². The topological polar surface area (TPSA) is 79.5 Å². The molecule has 0 bridgehead atoms. The van der Waals surface area contributed by atoms with E-state index in [1.54, 1.807) is 0 Å². The second-order valence-corrected chi connectivity index (χ2v) is 4.03. The molecule has 1 N–H and O–H groups in total. The van der Waals surface area contributed by atoms with Crippen molar-refractivity contribution in [3.05, 3.63) is 53.3 Å². The van der Waals surface area contributed by atoms with Crippen LogP contribution in [0.15, 0.2) is 36.4 Å². The number of halogens is 1. The molecule has 0 aliphatic rings. The van der Waals surface area contributed by atoms with Crippen LogP contribution in [0.3, 0.4) is 0 Å². The molecule has 2 aromatic rings. The largest absolute Gasteiger partial charge is 0.493 e. The third-order valence-corrected chi connectivity index (χ3v) is 2.69. The predicted molar refractivity (Wildman–Crippen MR) is 71.1 cm³/mol. The summed E-state index contributed by atoms with van der Waals surface area (Å²) in [6, 6.07) is 9.70. The molecule has 0 radical (unpaired) electrons. The Morgan fingerprint density at radius 1 is 1.19 bits per heavy atom. The minimum Gasteiger partial charge on any atom is -0.493 e. The number of methoxy groups -OCH3 is 1. The Balaban J connectivity index is 2.34. The van der Waals surface area contributed by atoms with Gasteiger partial charge >= 0.3 is 5.97 Å². The number of carboxylic acid groups (broad SMARTS) is 1. The Morgan fingerprint density at radius 2 is 1.90 bits per heavy atom. The lowest BCUT2D eigenvalue weighted by atomic mass is 10.2. The third-order valence-electron chi connectivity index (χ3n) is 2.69. The van der Waals surface area contributed by atoms with Gasteiger partial charge in [-0.3, -0.25) is 0 Å². The van der Waals surface area contributed by atoms with Crippen LogP contribution in [-0.4, -0.2) is 18.2 Å². The molecule has 5 nitrogen and oxygen atoms in total. The zero-order valence-electron chi connectivity index (χ0n) is 11.0. The normalized spacial score (nSPS) is 9.76. The lowest BCUT2D eigenvalue weighted by molar-refractivity contribution is 0.0696. The number of rotatable bonds is 4. The second kappa shape index (κ2) is 5.92. The summed E-state index contributed by atoms with van der Waals surface area (Å²) in [7, 11) is 1.40. The van der Waals surface area contributed by atoms with Crippen molar-refractivity contribution in [1.29, 1.82) is 5.26 Å². The molecular formula is C15H10FNO4. The van der Waals surface area contributed by atoms with E-state index in [0.29, 0.717) is 5.56 Å². The van der Waals surface area contributed by atoms with E-state index in [0.717, 1.165) is 6.07 Å². The lowest BCUT2D eigenvalue weighted by Crippen LogP contribution is -1.98. The molecule has 0 aromatic heterocycles. The first kappa shape index (κ1) is 14.3. The fourth-order valence-electron chi connectivity index (χ4n) is 1.66. The van der Waals surface area contributed by atoms with Crippen LogP contribution in [0.25, 0.3) is 0 Å². The second-order valence-electron chi connectivity index (χ2n) is 4.03. The van der Waals surface area contributed by atoms with Crippen LogP contribution in [-0.2, 0) is 0 Å². The van der Waals surface area contributed by atoms with Crippen LogP contribution >= 0.6 is 0 Å².